The van der Waals surface area contributed by atoms with Crippen LogP contribution in [0.1, 0.15) is 11.3 Å². The van der Waals surface area contributed by atoms with Crippen molar-refractivity contribution in [1.29, 1.82) is 0 Å². The molecule has 20 heavy (non-hydrogen) atoms. The molecule has 108 valence electrons. The first-order valence-electron chi connectivity index (χ1n) is 6.50. The molecule has 1 N–H and O–H groups in total. The summed E-state index contributed by atoms with van der Waals surface area (Å²) >= 11 is 0. The van der Waals surface area contributed by atoms with Crippen LogP contribution in [0.3, 0.4) is 0 Å². The van der Waals surface area contributed by atoms with Crippen LogP contribution in [0.4, 0.5) is 0 Å². The lowest BCUT2D eigenvalue weighted by Crippen LogP contribution is -2.14. The summed E-state index contributed by atoms with van der Waals surface area (Å²) in [6.07, 6.45) is 2.49. The first-order chi connectivity index (χ1) is 9.62. The van der Waals surface area contributed by atoms with Crippen LogP contribution in [0.5, 0.6) is 11.5 Å². The third-order valence-electron chi connectivity index (χ3n) is 3.13. The van der Waals surface area contributed by atoms with E-state index in [2.05, 4.69) is 5.10 Å². The van der Waals surface area contributed by atoms with E-state index < -0.39 is 6.10 Å². The molecule has 2 rings (SSSR count). The van der Waals surface area contributed by atoms with Gasteiger partial charge in [-0.05, 0) is 30.2 Å². The predicted molar refractivity (Wildman–Crippen MR) is 76.2 cm³/mol. The number of aliphatic hydroxyl groups excluding tert-OH is 1. The van der Waals surface area contributed by atoms with Crippen molar-refractivity contribution < 1.29 is 14.6 Å². The Morgan fingerprint density at radius 1 is 1.15 bits per heavy atom. The average Bonchev–Trinajstić information content (AvgIpc) is 2.83. The normalized spacial score (nSPS) is 12.2. The molecule has 0 aliphatic carbocycles. The maximum Gasteiger partial charge on any atom is 0.160 e. The van der Waals surface area contributed by atoms with E-state index in [4.69, 9.17) is 9.47 Å². The van der Waals surface area contributed by atoms with Crippen LogP contribution in [0.15, 0.2) is 30.5 Å². The number of rotatable bonds is 6. The number of hydrogen-bond donors (Lipinski definition) is 1. The highest BCUT2D eigenvalue weighted by Crippen LogP contribution is 2.28. The summed E-state index contributed by atoms with van der Waals surface area (Å²) in [7, 11) is 5.07. The number of aliphatic hydroxyl groups is 1. The Hall–Kier alpha value is -2.01. The van der Waals surface area contributed by atoms with Gasteiger partial charge >= 0.3 is 0 Å². The second-order valence-electron chi connectivity index (χ2n) is 4.73. The highest BCUT2D eigenvalue weighted by atomic mass is 16.5. The molecule has 1 atom stereocenters. The van der Waals surface area contributed by atoms with Gasteiger partial charge in [0.1, 0.15) is 0 Å². The summed E-state index contributed by atoms with van der Waals surface area (Å²) in [6.45, 7) is 0. The van der Waals surface area contributed by atoms with E-state index in [1.54, 1.807) is 18.9 Å². The maximum atomic E-state index is 10.1. The van der Waals surface area contributed by atoms with Crippen molar-refractivity contribution in [2.75, 3.05) is 14.2 Å². The van der Waals surface area contributed by atoms with E-state index in [9.17, 15) is 5.11 Å². The SMILES string of the molecule is COc1ccc(CC(O)Cc2ccn(C)n2)cc1OC. The molecule has 1 aromatic carbocycles. The molecule has 0 spiro atoms. The molecule has 0 saturated heterocycles. The van der Waals surface area contributed by atoms with Crippen LogP contribution >= 0.6 is 0 Å². The third kappa shape index (κ3) is 3.51. The number of methoxy groups -OCH3 is 2. The fourth-order valence-corrected chi connectivity index (χ4v) is 2.17. The first-order valence-corrected chi connectivity index (χ1v) is 6.50. The Morgan fingerprint density at radius 3 is 2.50 bits per heavy atom. The summed E-state index contributed by atoms with van der Waals surface area (Å²) in [4.78, 5) is 0. The smallest absolute Gasteiger partial charge is 0.160 e. The van der Waals surface area contributed by atoms with Gasteiger partial charge in [0, 0.05) is 19.7 Å². The molecule has 0 aliphatic rings. The fraction of sp³-hybridized carbons (Fsp3) is 0.400. The molecule has 1 unspecified atom stereocenters. The zero-order chi connectivity index (χ0) is 14.5. The second kappa shape index (κ2) is 6.43. The molecule has 1 heterocycles. The number of aromatic nitrogens is 2. The van der Waals surface area contributed by atoms with Gasteiger partial charge in [-0.1, -0.05) is 6.07 Å². The summed E-state index contributed by atoms with van der Waals surface area (Å²) in [5.41, 5.74) is 1.89. The van der Waals surface area contributed by atoms with Gasteiger partial charge in [-0.3, -0.25) is 4.68 Å². The van der Waals surface area contributed by atoms with Gasteiger partial charge < -0.3 is 14.6 Å². The average molecular weight is 276 g/mol. The van der Waals surface area contributed by atoms with Gasteiger partial charge in [0.2, 0.25) is 0 Å². The number of hydrogen-bond acceptors (Lipinski definition) is 4. The summed E-state index contributed by atoms with van der Waals surface area (Å²) in [5.74, 6) is 1.37. The summed E-state index contributed by atoms with van der Waals surface area (Å²) in [5, 5.41) is 14.4. The molecule has 5 nitrogen and oxygen atoms in total. The molecule has 0 saturated carbocycles. The van der Waals surface area contributed by atoms with E-state index in [1.165, 1.54) is 0 Å². The van der Waals surface area contributed by atoms with Gasteiger partial charge in [-0.2, -0.15) is 5.10 Å². The zero-order valence-corrected chi connectivity index (χ0v) is 12.0. The highest BCUT2D eigenvalue weighted by molar-refractivity contribution is 5.43. The van der Waals surface area contributed by atoms with Crippen LogP contribution < -0.4 is 9.47 Å². The minimum Gasteiger partial charge on any atom is -0.493 e. The lowest BCUT2D eigenvalue weighted by Gasteiger charge is -2.12. The quantitative estimate of drug-likeness (QED) is 0.870. The predicted octanol–water partition coefficient (Wildman–Crippen LogP) is 1.58. The van der Waals surface area contributed by atoms with Crippen LogP contribution in [0.2, 0.25) is 0 Å². The number of nitrogens with zero attached hydrogens (tertiary/aromatic N) is 2. The monoisotopic (exact) mass is 276 g/mol. The van der Waals surface area contributed by atoms with Gasteiger partial charge in [0.05, 0.1) is 26.0 Å². The third-order valence-corrected chi connectivity index (χ3v) is 3.13. The van der Waals surface area contributed by atoms with Crippen molar-refractivity contribution in [3.05, 3.63) is 41.7 Å². The Morgan fingerprint density at radius 2 is 1.90 bits per heavy atom. The fourth-order valence-electron chi connectivity index (χ4n) is 2.17. The molecule has 0 bridgehead atoms. The van der Waals surface area contributed by atoms with Crippen LogP contribution in [0, 0.1) is 0 Å². The topological polar surface area (TPSA) is 56.5 Å². The second-order valence-corrected chi connectivity index (χ2v) is 4.73. The van der Waals surface area contributed by atoms with Gasteiger partial charge in [0.15, 0.2) is 11.5 Å². The summed E-state index contributed by atoms with van der Waals surface area (Å²) in [6, 6.07) is 7.59. The van der Waals surface area contributed by atoms with Gasteiger partial charge in [0.25, 0.3) is 0 Å². The van der Waals surface area contributed by atoms with E-state index in [0.29, 0.717) is 24.3 Å². The molecule has 0 fully saturated rings. The van der Waals surface area contributed by atoms with Crippen molar-refractivity contribution in [3.63, 3.8) is 0 Å². The van der Waals surface area contributed by atoms with Crippen molar-refractivity contribution >= 4 is 0 Å². The number of ether oxygens (including phenoxy) is 2. The first kappa shape index (κ1) is 14.4. The van der Waals surface area contributed by atoms with Crippen molar-refractivity contribution in [1.82, 2.24) is 9.78 Å². The molecule has 0 radical (unpaired) electrons. The minimum atomic E-state index is -0.469. The van der Waals surface area contributed by atoms with E-state index >= 15 is 0 Å². The minimum absolute atomic E-state index is 0.469. The molecule has 2 aromatic rings. The van der Waals surface area contributed by atoms with Crippen molar-refractivity contribution in [2.45, 2.75) is 18.9 Å². The number of benzene rings is 1. The molecular formula is C15H20N2O3. The molecular weight excluding hydrogens is 256 g/mol. The highest BCUT2D eigenvalue weighted by Gasteiger charge is 2.11. The van der Waals surface area contributed by atoms with Crippen molar-refractivity contribution in [2.24, 2.45) is 7.05 Å². The van der Waals surface area contributed by atoms with E-state index in [-0.39, 0.29) is 0 Å². The standard InChI is InChI=1S/C15H20N2O3/c1-17-7-6-12(16-17)10-13(18)8-11-4-5-14(19-2)15(9-11)20-3/h4-7,9,13,18H,8,10H2,1-3H3. The zero-order valence-electron chi connectivity index (χ0n) is 12.0. The molecule has 1 aromatic heterocycles. The van der Waals surface area contributed by atoms with E-state index in [0.717, 1.165) is 11.3 Å². The maximum absolute atomic E-state index is 10.1. The Labute approximate surface area is 118 Å². The Balaban J connectivity index is 2.02. The molecule has 0 aliphatic heterocycles. The Bertz CT molecular complexity index is 566. The van der Waals surface area contributed by atoms with Gasteiger partial charge in [-0.25, -0.2) is 0 Å². The molecule has 0 amide bonds. The Kier molecular flexibility index (Phi) is 4.63. The molecule has 5 heteroatoms. The van der Waals surface area contributed by atoms with Crippen molar-refractivity contribution in [3.8, 4) is 11.5 Å². The van der Waals surface area contributed by atoms with Crippen LogP contribution in [-0.4, -0.2) is 35.2 Å². The summed E-state index contributed by atoms with van der Waals surface area (Å²) < 4.78 is 12.2. The van der Waals surface area contributed by atoms with Crippen LogP contribution in [0.25, 0.3) is 0 Å². The van der Waals surface area contributed by atoms with Gasteiger partial charge in [-0.15, -0.1) is 0 Å². The largest absolute Gasteiger partial charge is 0.493 e. The lowest BCUT2D eigenvalue weighted by molar-refractivity contribution is 0.174. The van der Waals surface area contributed by atoms with E-state index in [1.807, 2.05) is 37.5 Å². The number of aryl methyl sites for hydroxylation is 1. The van der Waals surface area contributed by atoms with Crippen LogP contribution in [-0.2, 0) is 19.9 Å². The lowest BCUT2D eigenvalue weighted by atomic mass is 10.0.